The minimum Gasteiger partial charge on any atom is -0.317 e. The van der Waals surface area contributed by atoms with E-state index < -0.39 is 0 Å². The Morgan fingerprint density at radius 1 is 1.30 bits per heavy atom. The SMILES string of the molecule is Fc1cccc(Cl)c1Cc1nc(C2CCNCC2)n[nH]1. The second-order valence-electron chi connectivity index (χ2n) is 5.04. The molecule has 6 heteroatoms. The molecule has 1 saturated heterocycles. The maximum atomic E-state index is 13.7. The van der Waals surface area contributed by atoms with Crippen LogP contribution < -0.4 is 5.32 Å². The molecule has 1 aliphatic heterocycles. The average Bonchev–Trinajstić information content (AvgIpc) is 2.93. The van der Waals surface area contributed by atoms with Gasteiger partial charge in [-0.2, -0.15) is 5.10 Å². The van der Waals surface area contributed by atoms with Crippen molar-refractivity contribution in [2.24, 2.45) is 0 Å². The van der Waals surface area contributed by atoms with Gasteiger partial charge in [0.15, 0.2) is 5.82 Å². The average molecular weight is 295 g/mol. The van der Waals surface area contributed by atoms with Crippen molar-refractivity contribution in [1.29, 1.82) is 0 Å². The minimum absolute atomic E-state index is 0.308. The second-order valence-corrected chi connectivity index (χ2v) is 5.45. The molecule has 2 aromatic rings. The number of nitrogens with one attached hydrogen (secondary N) is 2. The summed E-state index contributed by atoms with van der Waals surface area (Å²) < 4.78 is 13.7. The van der Waals surface area contributed by atoms with Crippen LogP contribution in [0.5, 0.6) is 0 Å². The lowest BCUT2D eigenvalue weighted by Crippen LogP contribution is -2.27. The van der Waals surface area contributed by atoms with Crippen LogP contribution in [0.2, 0.25) is 5.02 Å². The molecule has 20 heavy (non-hydrogen) atoms. The highest BCUT2D eigenvalue weighted by molar-refractivity contribution is 6.31. The molecular weight excluding hydrogens is 279 g/mol. The number of aromatic amines is 1. The molecular formula is C14H16ClFN4. The number of benzene rings is 1. The number of H-pyrrole nitrogens is 1. The zero-order chi connectivity index (χ0) is 13.9. The summed E-state index contributed by atoms with van der Waals surface area (Å²) in [5.74, 6) is 1.56. The fraction of sp³-hybridized carbons (Fsp3) is 0.429. The van der Waals surface area contributed by atoms with Crippen LogP contribution in [-0.2, 0) is 6.42 Å². The van der Waals surface area contributed by atoms with E-state index in [0.717, 1.165) is 31.8 Å². The molecule has 1 fully saturated rings. The third kappa shape index (κ3) is 2.83. The monoisotopic (exact) mass is 294 g/mol. The molecule has 0 bridgehead atoms. The number of halogens is 2. The van der Waals surface area contributed by atoms with Crippen LogP contribution in [0, 0.1) is 5.82 Å². The number of rotatable bonds is 3. The quantitative estimate of drug-likeness (QED) is 0.915. The maximum absolute atomic E-state index is 13.7. The molecule has 3 rings (SSSR count). The second kappa shape index (κ2) is 5.89. The Hall–Kier alpha value is -1.46. The Bertz CT molecular complexity index is 572. The molecule has 1 aliphatic rings. The maximum Gasteiger partial charge on any atom is 0.153 e. The van der Waals surface area contributed by atoms with Crippen molar-refractivity contribution in [3.63, 3.8) is 0 Å². The van der Waals surface area contributed by atoms with Crippen molar-refractivity contribution in [3.8, 4) is 0 Å². The van der Waals surface area contributed by atoms with Gasteiger partial charge in [0.25, 0.3) is 0 Å². The first-order valence-corrected chi connectivity index (χ1v) is 7.16. The van der Waals surface area contributed by atoms with Crippen LogP contribution >= 0.6 is 11.6 Å². The van der Waals surface area contributed by atoms with E-state index in [4.69, 9.17) is 11.6 Å². The number of aromatic nitrogens is 3. The van der Waals surface area contributed by atoms with Gasteiger partial charge in [-0.05, 0) is 38.1 Å². The Morgan fingerprint density at radius 3 is 2.85 bits per heavy atom. The Balaban J connectivity index is 1.77. The largest absolute Gasteiger partial charge is 0.317 e. The third-order valence-electron chi connectivity index (χ3n) is 3.66. The fourth-order valence-corrected chi connectivity index (χ4v) is 2.75. The van der Waals surface area contributed by atoms with E-state index in [0.29, 0.717) is 28.7 Å². The Kier molecular flexibility index (Phi) is 3.98. The summed E-state index contributed by atoms with van der Waals surface area (Å²) in [6.07, 6.45) is 2.42. The molecule has 4 nitrogen and oxygen atoms in total. The summed E-state index contributed by atoms with van der Waals surface area (Å²) in [6.45, 7) is 1.99. The molecule has 0 spiro atoms. The predicted octanol–water partition coefficient (Wildman–Crippen LogP) is 2.66. The Labute approximate surface area is 121 Å². The van der Waals surface area contributed by atoms with Crippen molar-refractivity contribution in [2.45, 2.75) is 25.2 Å². The number of hydrogen-bond acceptors (Lipinski definition) is 3. The van der Waals surface area contributed by atoms with Gasteiger partial charge in [0.05, 0.1) is 0 Å². The van der Waals surface area contributed by atoms with Gasteiger partial charge in [0, 0.05) is 22.9 Å². The molecule has 106 valence electrons. The topological polar surface area (TPSA) is 53.6 Å². The van der Waals surface area contributed by atoms with E-state index in [9.17, 15) is 4.39 Å². The van der Waals surface area contributed by atoms with E-state index in [-0.39, 0.29) is 5.82 Å². The van der Waals surface area contributed by atoms with Crippen LogP contribution in [-0.4, -0.2) is 28.3 Å². The highest BCUT2D eigenvalue weighted by Crippen LogP contribution is 2.24. The van der Waals surface area contributed by atoms with Crippen molar-refractivity contribution in [1.82, 2.24) is 20.5 Å². The number of nitrogens with zero attached hydrogens (tertiary/aromatic N) is 2. The predicted molar refractivity (Wildman–Crippen MR) is 75.4 cm³/mol. The van der Waals surface area contributed by atoms with Crippen LogP contribution in [0.1, 0.15) is 36.0 Å². The highest BCUT2D eigenvalue weighted by atomic mass is 35.5. The molecule has 0 radical (unpaired) electrons. The van der Waals surface area contributed by atoms with E-state index in [1.807, 2.05) is 0 Å². The van der Waals surface area contributed by atoms with Gasteiger partial charge in [-0.3, -0.25) is 5.10 Å². The summed E-state index contributed by atoms with van der Waals surface area (Å²) in [7, 11) is 0. The smallest absolute Gasteiger partial charge is 0.153 e. The molecule has 2 N–H and O–H groups in total. The molecule has 2 heterocycles. The first-order valence-electron chi connectivity index (χ1n) is 6.79. The summed E-state index contributed by atoms with van der Waals surface area (Å²) in [5, 5.41) is 10.9. The summed E-state index contributed by atoms with van der Waals surface area (Å²) >= 11 is 6.02. The molecule has 1 aromatic carbocycles. The van der Waals surface area contributed by atoms with Crippen LogP contribution in [0.25, 0.3) is 0 Å². The minimum atomic E-state index is -0.308. The normalized spacial score (nSPS) is 16.5. The lowest BCUT2D eigenvalue weighted by atomic mass is 9.98. The fourth-order valence-electron chi connectivity index (χ4n) is 2.52. The van der Waals surface area contributed by atoms with Crippen LogP contribution in [0.15, 0.2) is 18.2 Å². The highest BCUT2D eigenvalue weighted by Gasteiger charge is 2.20. The zero-order valence-corrected chi connectivity index (χ0v) is 11.8. The van der Waals surface area contributed by atoms with Gasteiger partial charge in [0.2, 0.25) is 0 Å². The standard InChI is InChI=1S/C14H16ClFN4/c15-11-2-1-3-12(16)10(11)8-13-18-14(20-19-13)9-4-6-17-7-5-9/h1-3,9,17H,4-8H2,(H,18,19,20). The van der Waals surface area contributed by atoms with E-state index in [1.165, 1.54) is 6.07 Å². The molecule has 0 aliphatic carbocycles. The van der Waals surface area contributed by atoms with Gasteiger partial charge in [-0.25, -0.2) is 9.37 Å². The first kappa shape index (κ1) is 13.5. The Morgan fingerprint density at radius 2 is 2.10 bits per heavy atom. The van der Waals surface area contributed by atoms with Crippen molar-refractivity contribution < 1.29 is 4.39 Å². The molecule has 0 saturated carbocycles. The molecule has 0 atom stereocenters. The van der Waals surface area contributed by atoms with Crippen molar-refractivity contribution in [2.75, 3.05) is 13.1 Å². The van der Waals surface area contributed by atoms with Gasteiger partial charge in [0.1, 0.15) is 11.6 Å². The van der Waals surface area contributed by atoms with Gasteiger partial charge in [-0.15, -0.1) is 0 Å². The van der Waals surface area contributed by atoms with E-state index in [1.54, 1.807) is 12.1 Å². The lowest BCUT2D eigenvalue weighted by Gasteiger charge is -2.19. The van der Waals surface area contributed by atoms with Crippen LogP contribution in [0.4, 0.5) is 4.39 Å². The zero-order valence-electron chi connectivity index (χ0n) is 11.0. The third-order valence-corrected chi connectivity index (χ3v) is 4.01. The molecule has 0 amide bonds. The molecule has 0 unspecified atom stereocenters. The van der Waals surface area contributed by atoms with Crippen molar-refractivity contribution >= 4 is 11.6 Å². The summed E-state index contributed by atoms with van der Waals surface area (Å²) in [6, 6.07) is 4.69. The summed E-state index contributed by atoms with van der Waals surface area (Å²) in [5.41, 5.74) is 0.460. The van der Waals surface area contributed by atoms with Crippen molar-refractivity contribution in [3.05, 3.63) is 46.3 Å². The van der Waals surface area contributed by atoms with Gasteiger partial charge >= 0.3 is 0 Å². The van der Waals surface area contributed by atoms with E-state index in [2.05, 4.69) is 20.5 Å². The molecule has 1 aromatic heterocycles. The van der Waals surface area contributed by atoms with Gasteiger partial charge in [-0.1, -0.05) is 17.7 Å². The first-order chi connectivity index (χ1) is 9.74. The summed E-state index contributed by atoms with van der Waals surface area (Å²) in [4.78, 5) is 4.49. The van der Waals surface area contributed by atoms with Gasteiger partial charge < -0.3 is 5.32 Å². The number of piperidine rings is 1. The van der Waals surface area contributed by atoms with E-state index >= 15 is 0 Å². The van der Waals surface area contributed by atoms with Crippen LogP contribution in [0.3, 0.4) is 0 Å². The lowest BCUT2D eigenvalue weighted by molar-refractivity contribution is 0.446. The number of hydrogen-bond donors (Lipinski definition) is 2.